The van der Waals surface area contributed by atoms with E-state index in [2.05, 4.69) is 5.32 Å². The van der Waals surface area contributed by atoms with Gasteiger partial charge in [-0.1, -0.05) is 12.1 Å². The number of hydrogen-bond acceptors (Lipinski definition) is 3. The second-order valence-electron chi connectivity index (χ2n) is 7.89. The monoisotopic (exact) mass is 348 g/mol. The SMILES string of the molecule is CC(C)(C)OC(=O)N1[C@@H]2CC[C@H]1CC(NC(=O)c1ccccc1F)C2. The minimum Gasteiger partial charge on any atom is -0.444 e. The van der Waals surface area contributed by atoms with Crippen molar-refractivity contribution in [3.63, 3.8) is 0 Å². The number of ether oxygens (including phenoxy) is 1. The second-order valence-corrected chi connectivity index (χ2v) is 7.89. The first kappa shape index (κ1) is 17.7. The van der Waals surface area contributed by atoms with Crippen LogP contribution in [0.25, 0.3) is 0 Å². The lowest BCUT2D eigenvalue weighted by atomic mass is 9.97. The molecule has 2 aliphatic rings. The van der Waals surface area contributed by atoms with Gasteiger partial charge < -0.3 is 15.0 Å². The molecule has 1 unspecified atom stereocenters. The van der Waals surface area contributed by atoms with Gasteiger partial charge in [0.15, 0.2) is 0 Å². The predicted octanol–water partition coefficient (Wildman–Crippen LogP) is 3.49. The minimum atomic E-state index is -0.521. The molecule has 0 aliphatic carbocycles. The summed E-state index contributed by atoms with van der Waals surface area (Å²) in [5.41, 5.74) is -0.462. The molecule has 2 heterocycles. The lowest BCUT2D eigenvalue weighted by Crippen LogP contribution is -2.53. The van der Waals surface area contributed by atoms with E-state index < -0.39 is 17.3 Å². The van der Waals surface area contributed by atoms with E-state index in [1.165, 1.54) is 12.1 Å². The van der Waals surface area contributed by atoms with E-state index in [1.807, 2.05) is 25.7 Å². The maximum atomic E-state index is 13.8. The fraction of sp³-hybridized carbons (Fsp3) is 0.579. The summed E-state index contributed by atoms with van der Waals surface area (Å²) in [7, 11) is 0. The summed E-state index contributed by atoms with van der Waals surface area (Å²) < 4.78 is 19.3. The molecule has 0 radical (unpaired) electrons. The molecule has 2 bridgehead atoms. The van der Waals surface area contributed by atoms with Gasteiger partial charge in [-0.2, -0.15) is 0 Å². The summed E-state index contributed by atoms with van der Waals surface area (Å²) in [5, 5.41) is 2.93. The molecule has 2 aliphatic heterocycles. The van der Waals surface area contributed by atoms with Gasteiger partial charge in [0, 0.05) is 18.1 Å². The van der Waals surface area contributed by atoms with Gasteiger partial charge in [-0.15, -0.1) is 0 Å². The Morgan fingerprint density at radius 2 is 1.76 bits per heavy atom. The van der Waals surface area contributed by atoms with Crippen molar-refractivity contribution in [2.45, 2.75) is 70.2 Å². The van der Waals surface area contributed by atoms with Gasteiger partial charge in [-0.05, 0) is 58.6 Å². The number of nitrogens with zero attached hydrogens (tertiary/aromatic N) is 1. The molecule has 2 fully saturated rings. The van der Waals surface area contributed by atoms with Gasteiger partial charge in [0.1, 0.15) is 11.4 Å². The summed E-state index contributed by atoms with van der Waals surface area (Å²) in [6.45, 7) is 5.57. The third-order valence-electron chi connectivity index (χ3n) is 4.79. The minimum absolute atomic E-state index is 0.0525. The van der Waals surface area contributed by atoms with Gasteiger partial charge in [-0.25, -0.2) is 9.18 Å². The van der Waals surface area contributed by atoms with Crippen LogP contribution in [-0.4, -0.2) is 40.6 Å². The molecule has 3 atom stereocenters. The quantitative estimate of drug-likeness (QED) is 0.890. The Kier molecular flexibility index (Phi) is 4.71. The molecular formula is C19H25FN2O3. The number of rotatable bonds is 2. The highest BCUT2D eigenvalue weighted by molar-refractivity contribution is 5.94. The van der Waals surface area contributed by atoms with E-state index in [0.29, 0.717) is 12.8 Å². The predicted molar refractivity (Wildman–Crippen MR) is 91.8 cm³/mol. The van der Waals surface area contributed by atoms with Crippen LogP contribution in [0.15, 0.2) is 24.3 Å². The first-order valence-corrected chi connectivity index (χ1v) is 8.81. The first-order chi connectivity index (χ1) is 11.7. The van der Waals surface area contributed by atoms with E-state index in [9.17, 15) is 14.0 Å². The van der Waals surface area contributed by atoms with Crippen LogP contribution in [-0.2, 0) is 4.74 Å². The molecular weight excluding hydrogens is 323 g/mol. The van der Waals surface area contributed by atoms with Crippen molar-refractivity contribution in [2.75, 3.05) is 0 Å². The topological polar surface area (TPSA) is 58.6 Å². The van der Waals surface area contributed by atoms with Crippen LogP contribution in [0.5, 0.6) is 0 Å². The number of benzene rings is 1. The first-order valence-electron chi connectivity index (χ1n) is 8.81. The smallest absolute Gasteiger partial charge is 0.410 e. The van der Waals surface area contributed by atoms with Crippen molar-refractivity contribution < 1.29 is 18.7 Å². The van der Waals surface area contributed by atoms with E-state index in [0.717, 1.165) is 12.8 Å². The van der Waals surface area contributed by atoms with Crippen LogP contribution in [0.1, 0.15) is 56.8 Å². The summed E-state index contributed by atoms with van der Waals surface area (Å²) >= 11 is 0. The molecule has 6 heteroatoms. The van der Waals surface area contributed by atoms with Crippen molar-refractivity contribution in [2.24, 2.45) is 0 Å². The zero-order valence-electron chi connectivity index (χ0n) is 14.9. The van der Waals surface area contributed by atoms with Crippen molar-refractivity contribution in [1.29, 1.82) is 0 Å². The highest BCUT2D eigenvalue weighted by Crippen LogP contribution is 2.37. The van der Waals surface area contributed by atoms with E-state index in [4.69, 9.17) is 4.74 Å². The van der Waals surface area contributed by atoms with Gasteiger partial charge in [0.05, 0.1) is 5.56 Å². The zero-order valence-corrected chi connectivity index (χ0v) is 14.9. The van der Waals surface area contributed by atoms with Gasteiger partial charge in [0.2, 0.25) is 0 Å². The Bertz CT molecular complexity index is 657. The third-order valence-corrected chi connectivity index (χ3v) is 4.79. The molecule has 3 rings (SSSR count). The van der Waals surface area contributed by atoms with E-state index >= 15 is 0 Å². The Balaban J connectivity index is 1.63. The van der Waals surface area contributed by atoms with Crippen LogP contribution in [0, 0.1) is 5.82 Å². The maximum absolute atomic E-state index is 13.8. The van der Waals surface area contributed by atoms with Crippen LogP contribution >= 0.6 is 0 Å². The van der Waals surface area contributed by atoms with Crippen molar-refractivity contribution >= 4 is 12.0 Å². The van der Waals surface area contributed by atoms with Crippen LogP contribution in [0.4, 0.5) is 9.18 Å². The Morgan fingerprint density at radius 1 is 1.16 bits per heavy atom. The number of piperidine rings is 1. The largest absolute Gasteiger partial charge is 0.444 e. The summed E-state index contributed by atoms with van der Waals surface area (Å²) in [6, 6.07) is 6.06. The van der Waals surface area contributed by atoms with Crippen molar-refractivity contribution in [3.05, 3.63) is 35.6 Å². The molecule has 0 aromatic heterocycles. The average Bonchev–Trinajstić information content (AvgIpc) is 2.77. The van der Waals surface area contributed by atoms with Crippen LogP contribution in [0.3, 0.4) is 0 Å². The van der Waals surface area contributed by atoms with Crippen LogP contribution in [0.2, 0.25) is 0 Å². The average molecular weight is 348 g/mol. The molecule has 0 saturated carbocycles. The number of amides is 2. The Hall–Kier alpha value is -2.11. The zero-order chi connectivity index (χ0) is 18.2. The van der Waals surface area contributed by atoms with E-state index in [1.54, 1.807) is 12.1 Å². The Morgan fingerprint density at radius 3 is 2.32 bits per heavy atom. The summed E-state index contributed by atoms with van der Waals surface area (Å²) in [4.78, 5) is 26.6. The molecule has 1 aromatic carbocycles. The number of carbonyl (C=O) groups is 2. The highest BCUT2D eigenvalue weighted by Gasteiger charge is 2.45. The lowest BCUT2D eigenvalue weighted by Gasteiger charge is -2.39. The maximum Gasteiger partial charge on any atom is 0.410 e. The van der Waals surface area contributed by atoms with Gasteiger partial charge in [-0.3, -0.25) is 4.79 Å². The fourth-order valence-electron chi connectivity index (χ4n) is 3.82. The molecule has 5 nitrogen and oxygen atoms in total. The third kappa shape index (κ3) is 3.94. The Labute approximate surface area is 147 Å². The molecule has 0 spiro atoms. The fourth-order valence-corrected chi connectivity index (χ4v) is 3.82. The number of hydrogen-bond donors (Lipinski definition) is 1. The summed E-state index contributed by atoms with van der Waals surface area (Å²) in [6.07, 6.45) is 2.90. The van der Waals surface area contributed by atoms with Gasteiger partial charge >= 0.3 is 6.09 Å². The number of carbonyl (C=O) groups excluding carboxylic acids is 2. The van der Waals surface area contributed by atoms with E-state index in [-0.39, 0.29) is 29.8 Å². The molecule has 25 heavy (non-hydrogen) atoms. The molecule has 2 amide bonds. The summed E-state index contributed by atoms with van der Waals surface area (Å²) in [5.74, 6) is -0.914. The lowest BCUT2D eigenvalue weighted by molar-refractivity contribution is 0.00500. The van der Waals surface area contributed by atoms with Crippen LogP contribution < -0.4 is 5.32 Å². The molecule has 136 valence electrons. The van der Waals surface area contributed by atoms with Crippen molar-refractivity contribution in [3.8, 4) is 0 Å². The second kappa shape index (κ2) is 6.65. The molecule has 1 N–H and O–H groups in total. The molecule has 1 aromatic rings. The normalized spacial score (nSPS) is 25.6. The number of halogens is 1. The number of fused-ring (bicyclic) bond motifs is 2. The van der Waals surface area contributed by atoms with Crippen molar-refractivity contribution in [1.82, 2.24) is 10.2 Å². The standard InChI is InChI=1S/C19H25FN2O3/c1-19(2,3)25-18(24)22-13-8-9-14(22)11-12(10-13)21-17(23)15-6-4-5-7-16(15)20/h4-7,12-14H,8-11H2,1-3H3,(H,21,23)/t12?,13-,14+. The van der Waals surface area contributed by atoms with Gasteiger partial charge in [0.25, 0.3) is 5.91 Å². The highest BCUT2D eigenvalue weighted by atomic mass is 19.1. The number of nitrogens with one attached hydrogen (secondary N) is 1. The molecule has 2 saturated heterocycles.